The number of rotatable bonds is 3. The standard InChI is InChI=1S/C12H10Cl2N4O/c13-9-10(14)18(6-16-9)11-8(2-1-5-15-11)17-12(19)7-3-4-7/h1-2,5-7H,3-4H2,(H,17,19). The lowest BCUT2D eigenvalue weighted by Gasteiger charge is -2.10. The normalized spacial score (nSPS) is 14.4. The predicted molar refractivity (Wildman–Crippen MR) is 72.7 cm³/mol. The van der Waals surface area contributed by atoms with Crippen molar-refractivity contribution in [2.24, 2.45) is 5.92 Å². The number of imidazole rings is 1. The summed E-state index contributed by atoms with van der Waals surface area (Å²) >= 11 is 11.9. The van der Waals surface area contributed by atoms with Crippen LogP contribution in [0.2, 0.25) is 10.3 Å². The van der Waals surface area contributed by atoms with Crippen molar-refractivity contribution in [1.82, 2.24) is 14.5 Å². The molecule has 0 spiro atoms. The van der Waals surface area contributed by atoms with E-state index in [1.54, 1.807) is 18.3 Å². The highest BCUT2D eigenvalue weighted by Gasteiger charge is 2.30. The minimum Gasteiger partial charge on any atom is -0.323 e. The zero-order valence-corrected chi connectivity index (χ0v) is 11.3. The average molecular weight is 297 g/mol. The predicted octanol–water partition coefficient (Wildman–Crippen LogP) is 2.92. The fourth-order valence-electron chi connectivity index (χ4n) is 1.73. The van der Waals surface area contributed by atoms with E-state index < -0.39 is 0 Å². The molecule has 19 heavy (non-hydrogen) atoms. The monoisotopic (exact) mass is 296 g/mol. The smallest absolute Gasteiger partial charge is 0.227 e. The van der Waals surface area contributed by atoms with Crippen molar-refractivity contribution in [2.75, 3.05) is 5.32 Å². The van der Waals surface area contributed by atoms with Gasteiger partial charge in [-0.1, -0.05) is 23.2 Å². The van der Waals surface area contributed by atoms with Gasteiger partial charge in [-0.05, 0) is 25.0 Å². The Morgan fingerprint density at radius 3 is 2.79 bits per heavy atom. The third-order valence-electron chi connectivity index (χ3n) is 2.89. The highest BCUT2D eigenvalue weighted by molar-refractivity contribution is 6.40. The molecule has 2 aromatic heterocycles. The Bertz CT molecular complexity index is 636. The number of nitrogens with one attached hydrogen (secondary N) is 1. The Kier molecular flexibility index (Phi) is 3.16. The van der Waals surface area contributed by atoms with E-state index in [4.69, 9.17) is 23.2 Å². The first-order valence-electron chi connectivity index (χ1n) is 5.81. The Hall–Kier alpha value is -1.59. The summed E-state index contributed by atoms with van der Waals surface area (Å²) in [5.74, 6) is 0.632. The number of carbonyl (C=O) groups is 1. The van der Waals surface area contributed by atoms with Crippen molar-refractivity contribution in [3.8, 4) is 5.82 Å². The molecular weight excluding hydrogens is 287 g/mol. The van der Waals surface area contributed by atoms with Crippen LogP contribution in [0.25, 0.3) is 5.82 Å². The molecule has 1 saturated carbocycles. The third kappa shape index (κ3) is 2.43. The molecule has 0 radical (unpaired) electrons. The summed E-state index contributed by atoms with van der Waals surface area (Å²) in [6.07, 6.45) is 4.98. The van der Waals surface area contributed by atoms with Gasteiger partial charge < -0.3 is 5.32 Å². The maximum Gasteiger partial charge on any atom is 0.227 e. The summed E-state index contributed by atoms with van der Waals surface area (Å²) in [6, 6.07) is 3.52. The fourth-order valence-corrected chi connectivity index (χ4v) is 2.03. The van der Waals surface area contributed by atoms with Crippen molar-refractivity contribution in [3.63, 3.8) is 0 Å². The summed E-state index contributed by atoms with van der Waals surface area (Å²) in [5, 5.41) is 3.32. The molecule has 2 aromatic rings. The molecule has 0 bridgehead atoms. The number of nitrogens with zero attached hydrogens (tertiary/aromatic N) is 3. The van der Waals surface area contributed by atoms with Crippen molar-refractivity contribution in [3.05, 3.63) is 35.0 Å². The molecule has 0 unspecified atom stereocenters. The number of halogens is 2. The number of carbonyl (C=O) groups excluding carboxylic acids is 1. The third-order valence-corrected chi connectivity index (χ3v) is 3.62. The fraction of sp³-hybridized carbons (Fsp3) is 0.250. The van der Waals surface area contributed by atoms with Gasteiger partial charge in [0.1, 0.15) is 6.33 Å². The van der Waals surface area contributed by atoms with Gasteiger partial charge in [0.25, 0.3) is 0 Å². The van der Waals surface area contributed by atoms with Crippen LogP contribution in [-0.4, -0.2) is 20.4 Å². The Morgan fingerprint density at radius 1 is 1.37 bits per heavy atom. The number of hydrogen-bond donors (Lipinski definition) is 1. The summed E-state index contributed by atoms with van der Waals surface area (Å²) in [7, 11) is 0. The Morgan fingerprint density at radius 2 is 2.16 bits per heavy atom. The van der Waals surface area contributed by atoms with Crippen molar-refractivity contribution >= 4 is 34.8 Å². The first-order chi connectivity index (χ1) is 9.16. The van der Waals surface area contributed by atoms with Gasteiger partial charge in [-0.2, -0.15) is 0 Å². The van der Waals surface area contributed by atoms with Crippen LogP contribution in [0.5, 0.6) is 0 Å². The average Bonchev–Trinajstić information content (AvgIpc) is 3.20. The first-order valence-corrected chi connectivity index (χ1v) is 6.57. The number of anilines is 1. The first kappa shape index (κ1) is 12.4. The van der Waals surface area contributed by atoms with E-state index in [0.29, 0.717) is 11.5 Å². The number of pyridine rings is 1. The number of hydrogen-bond acceptors (Lipinski definition) is 3. The molecule has 3 rings (SSSR count). The Balaban J connectivity index is 1.96. The second kappa shape index (κ2) is 4.83. The lowest BCUT2D eigenvalue weighted by molar-refractivity contribution is -0.117. The quantitative estimate of drug-likeness (QED) is 0.947. The van der Waals surface area contributed by atoms with Gasteiger partial charge in [-0.25, -0.2) is 9.97 Å². The summed E-state index contributed by atoms with van der Waals surface area (Å²) in [6.45, 7) is 0. The molecule has 1 fully saturated rings. The molecule has 7 heteroatoms. The van der Waals surface area contributed by atoms with E-state index in [-0.39, 0.29) is 22.1 Å². The molecule has 1 amide bonds. The van der Waals surface area contributed by atoms with Crippen LogP contribution in [0.1, 0.15) is 12.8 Å². The van der Waals surface area contributed by atoms with Crippen molar-refractivity contribution in [1.29, 1.82) is 0 Å². The molecule has 1 aliphatic carbocycles. The zero-order valence-electron chi connectivity index (χ0n) is 9.81. The molecule has 0 saturated heterocycles. The molecular formula is C12H10Cl2N4O. The van der Waals surface area contributed by atoms with Crippen LogP contribution in [0.15, 0.2) is 24.7 Å². The summed E-state index contributed by atoms with van der Waals surface area (Å²) in [5.41, 5.74) is 0.593. The molecule has 0 aromatic carbocycles. The molecule has 98 valence electrons. The van der Waals surface area contributed by atoms with E-state index in [9.17, 15) is 4.79 Å². The molecule has 1 aliphatic rings. The highest BCUT2D eigenvalue weighted by atomic mass is 35.5. The van der Waals surface area contributed by atoms with Gasteiger partial charge in [0, 0.05) is 12.1 Å². The maximum absolute atomic E-state index is 11.8. The maximum atomic E-state index is 11.8. The van der Waals surface area contributed by atoms with E-state index in [1.807, 2.05) is 0 Å². The second-order valence-electron chi connectivity index (χ2n) is 4.33. The van der Waals surface area contributed by atoms with E-state index >= 15 is 0 Å². The minimum atomic E-state index is 0.0107. The van der Waals surface area contributed by atoms with Gasteiger partial charge in [-0.3, -0.25) is 9.36 Å². The number of amides is 1. The zero-order chi connectivity index (χ0) is 13.4. The lowest BCUT2D eigenvalue weighted by Crippen LogP contribution is -2.15. The molecule has 5 nitrogen and oxygen atoms in total. The topological polar surface area (TPSA) is 59.8 Å². The minimum absolute atomic E-state index is 0.0107. The van der Waals surface area contributed by atoms with Gasteiger partial charge in [0.15, 0.2) is 16.1 Å². The lowest BCUT2D eigenvalue weighted by atomic mass is 10.3. The van der Waals surface area contributed by atoms with E-state index in [1.165, 1.54) is 10.9 Å². The molecule has 0 aliphatic heterocycles. The summed E-state index contributed by atoms with van der Waals surface area (Å²) < 4.78 is 1.53. The van der Waals surface area contributed by atoms with Crippen LogP contribution in [0, 0.1) is 5.92 Å². The van der Waals surface area contributed by atoms with Crippen LogP contribution >= 0.6 is 23.2 Å². The van der Waals surface area contributed by atoms with Gasteiger partial charge in [0.05, 0.1) is 5.69 Å². The van der Waals surface area contributed by atoms with E-state index in [2.05, 4.69) is 15.3 Å². The second-order valence-corrected chi connectivity index (χ2v) is 5.05. The molecule has 0 atom stereocenters. The van der Waals surface area contributed by atoms with Crippen molar-refractivity contribution < 1.29 is 4.79 Å². The summed E-state index contributed by atoms with van der Waals surface area (Å²) in [4.78, 5) is 20.0. The van der Waals surface area contributed by atoms with E-state index in [0.717, 1.165) is 12.8 Å². The SMILES string of the molecule is O=C(Nc1cccnc1-n1cnc(Cl)c1Cl)C1CC1. The Labute approximate surface area is 119 Å². The van der Waals surface area contributed by atoms with Crippen LogP contribution in [-0.2, 0) is 4.79 Å². The largest absolute Gasteiger partial charge is 0.323 e. The van der Waals surface area contributed by atoms with Crippen molar-refractivity contribution in [2.45, 2.75) is 12.8 Å². The molecule has 1 N–H and O–H groups in total. The van der Waals surface area contributed by atoms with Gasteiger partial charge in [-0.15, -0.1) is 0 Å². The van der Waals surface area contributed by atoms with Crippen LogP contribution < -0.4 is 5.32 Å². The molecule has 2 heterocycles. The number of aromatic nitrogens is 3. The van der Waals surface area contributed by atoms with Crippen LogP contribution in [0.4, 0.5) is 5.69 Å². The van der Waals surface area contributed by atoms with Crippen LogP contribution in [0.3, 0.4) is 0 Å². The van der Waals surface area contributed by atoms with Gasteiger partial charge >= 0.3 is 0 Å². The highest BCUT2D eigenvalue weighted by Crippen LogP contribution is 2.32. The van der Waals surface area contributed by atoms with Gasteiger partial charge in [0.2, 0.25) is 5.91 Å².